The molecule has 2 atom stereocenters. The first kappa shape index (κ1) is 12.3. The third kappa shape index (κ3) is 3.72. The zero-order valence-electron chi connectivity index (χ0n) is 10.4. The number of hydrogen-bond acceptors (Lipinski definition) is 3. The summed E-state index contributed by atoms with van der Waals surface area (Å²) in [6, 6.07) is 0. The molecule has 0 aromatic rings. The molecular weight excluding hydrogens is 202 g/mol. The minimum atomic E-state index is 0.347. The van der Waals surface area contributed by atoms with E-state index in [2.05, 4.69) is 5.32 Å². The molecule has 0 aromatic carbocycles. The van der Waals surface area contributed by atoms with Crippen LogP contribution in [0.5, 0.6) is 0 Å². The SMILES string of the molecule is CNCC1CCC(COCC2CCCC2)O1. The summed E-state index contributed by atoms with van der Waals surface area (Å²) in [5, 5.41) is 3.17. The predicted molar refractivity (Wildman–Crippen MR) is 64.6 cm³/mol. The van der Waals surface area contributed by atoms with E-state index >= 15 is 0 Å². The Bertz CT molecular complexity index is 192. The summed E-state index contributed by atoms with van der Waals surface area (Å²) in [6.45, 7) is 2.73. The van der Waals surface area contributed by atoms with Gasteiger partial charge in [0.25, 0.3) is 0 Å². The lowest BCUT2D eigenvalue weighted by Gasteiger charge is -2.15. The molecule has 1 saturated carbocycles. The average Bonchev–Trinajstić information content (AvgIpc) is 2.90. The van der Waals surface area contributed by atoms with Crippen molar-refractivity contribution in [3.8, 4) is 0 Å². The third-order valence-corrected chi connectivity index (χ3v) is 3.76. The van der Waals surface area contributed by atoms with Crippen LogP contribution in [0.15, 0.2) is 0 Å². The fraction of sp³-hybridized carbons (Fsp3) is 1.00. The van der Waals surface area contributed by atoms with E-state index < -0.39 is 0 Å². The molecule has 1 N–H and O–H groups in total. The zero-order chi connectivity index (χ0) is 11.2. The zero-order valence-corrected chi connectivity index (χ0v) is 10.4. The minimum absolute atomic E-state index is 0.347. The van der Waals surface area contributed by atoms with Gasteiger partial charge in [-0.3, -0.25) is 0 Å². The van der Waals surface area contributed by atoms with Gasteiger partial charge in [0.1, 0.15) is 0 Å². The van der Waals surface area contributed by atoms with Gasteiger partial charge in [0.05, 0.1) is 18.8 Å². The highest BCUT2D eigenvalue weighted by atomic mass is 16.5. The monoisotopic (exact) mass is 227 g/mol. The molecule has 2 fully saturated rings. The van der Waals surface area contributed by atoms with Crippen molar-refractivity contribution in [2.75, 3.05) is 26.8 Å². The van der Waals surface area contributed by atoms with E-state index in [0.29, 0.717) is 12.2 Å². The normalized spacial score (nSPS) is 31.3. The van der Waals surface area contributed by atoms with Crippen LogP contribution in [0.25, 0.3) is 0 Å². The van der Waals surface area contributed by atoms with Crippen LogP contribution in [-0.2, 0) is 9.47 Å². The van der Waals surface area contributed by atoms with Gasteiger partial charge in [0, 0.05) is 13.2 Å². The molecule has 0 spiro atoms. The quantitative estimate of drug-likeness (QED) is 0.752. The Morgan fingerprint density at radius 3 is 2.56 bits per heavy atom. The van der Waals surface area contributed by atoms with Gasteiger partial charge in [-0.15, -0.1) is 0 Å². The molecule has 2 rings (SSSR count). The van der Waals surface area contributed by atoms with Crippen LogP contribution in [0.4, 0.5) is 0 Å². The van der Waals surface area contributed by atoms with Gasteiger partial charge in [0.15, 0.2) is 0 Å². The topological polar surface area (TPSA) is 30.5 Å². The first-order valence-electron chi connectivity index (χ1n) is 6.76. The molecule has 1 saturated heterocycles. The Balaban J connectivity index is 1.53. The van der Waals surface area contributed by atoms with Gasteiger partial charge in [-0.2, -0.15) is 0 Å². The molecule has 2 aliphatic rings. The van der Waals surface area contributed by atoms with Gasteiger partial charge in [0.2, 0.25) is 0 Å². The summed E-state index contributed by atoms with van der Waals surface area (Å²) in [4.78, 5) is 0. The van der Waals surface area contributed by atoms with Crippen molar-refractivity contribution in [2.45, 2.75) is 50.7 Å². The molecule has 16 heavy (non-hydrogen) atoms. The molecule has 2 unspecified atom stereocenters. The minimum Gasteiger partial charge on any atom is -0.378 e. The Morgan fingerprint density at radius 2 is 1.81 bits per heavy atom. The third-order valence-electron chi connectivity index (χ3n) is 3.76. The standard InChI is InChI=1S/C13H25NO2/c1-14-8-12-6-7-13(16-12)10-15-9-11-4-2-3-5-11/h11-14H,2-10H2,1H3. The largest absolute Gasteiger partial charge is 0.378 e. The lowest BCUT2D eigenvalue weighted by Crippen LogP contribution is -2.25. The Kier molecular flexibility index (Phi) is 5.07. The molecule has 0 bridgehead atoms. The van der Waals surface area contributed by atoms with Crippen LogP contribution in [0, 0.1) is 5.92 Å². The number of likely N-dealkylation sites (N-methyl/N-ethyl adjacent to an activating group) is 1. The van der Waals surface area contributed by atoms with Crippen molar-refractivity contribution in [3.63, 3.8) is 0 Å². The van der Waals surface area contributed by atoms with Crippen LogP contribution in [-0.4, -0.2) is 39.0 Å². The van der Waals surface area contributed by atoms with Crippen LogP contribution in [0.3, 0.4) is 0 Å². The summed E-state index contributed by atoms with van der Waals surface area (Å²) in [5.74, 6) is 0.828. The van der Waals surface area contributed by atoms with E-state index in [1.165, 1.54) is 32.1 Å². The van der Waals surface area contributed by atoms with Crippen molar-refractivity contribution >= 4 is 0 Å². The maximum Gasteiger partial charge on any atom is 0.0813 e. The second kappa shape index (κ2) is 6.58. The van der Waals surface area contributed by atoms with E-state index in [-0.39, 0.29) is 0 Å². The Morgan fingerprint density at radius 1 is 1.06 bits per heavy atom. The predicted octanol–water partition coefficient (Wildman–Crippen LogP) is 1.96. The highest BCUT2D eigenvalue weighted by Crippen LogP contribution is 2.25. The highest BCUT2D eigenvalue weighted by Gasteiger charge is 2.25. The van der Waals surface area contributed by atoms with Crippen molar-refractivity contribution in [1.82, 2.24) is 5.32 Å². The molecule has 1 heterocycles. The van der Waals surface area contributed by atoms with Gasteiger partial charge in [-0.25, -0.2) is 0 Å². The summed E-state index contributed by atoms with van der Waals surface area (Å²) in [7, 11) is 1.98. The molecule has 0 radical (unpaired) electrons. The van der Waals surface area contributed by atoms with Crippen LogP contribution >= 0.6 is 0 Å². The van der Waals surface area contributed by atoms with Gasteiger partial charge < -0.3 is 14.8 Å². The number of rotatable bonds is 6. The Hall–Kier alpha value is -0.120. The second-order valence-corrected chi connectivity index (χ2v) is 5.20. The molecule has 0 amide bonds. The Labute approximate surface area is 98.9 Å². The lowest BCUT2D eigenvalue weighted by atomic mass is 10.1. The highest BCUT2D eigenvalue weighted by molar-refractivity contribution is 4.75. The smallest absolute Gasteiger partial charge is 0.0813 e. The van der Waals surface area contributed by atoms with Crippen molar-refractivity contribution in [2.24, 2.45) is 5.92 Å². The molecular formula is C13H25NO2. The molecule has 3 nitrogen and oxygen atoms in total. The van der Waals surface area contributed by atoms with Crippen molar-refractivity contribution in [1.29, 1.82) is 0 Å². The van der Waals surface area contributed by atoms with Crippen molar-refractivity contribution < 1.29 is 9.47 Å². The van der Waals surface area contributed by atoms with Gasteiger partial charge in [-0.1, -0.05) is 12.8 Å². The van der Waals surface area contributed by atoms with Crippen LogP contribution < -0.4 is 5.32 Å². The van der Waals surface area contributed by atoms with Crippen molar-refractivity contribution in [3.05, 3.63) is 0 Å². The summed E-state index contributed by atoms with van der Waals surface area (Å²) < 4.78 is 11.7. The molecule has 0 aromatic heterocycles. The number of ether oxygens (including phenoxy) is 2. The lowest BCUT2D eigenvalue weighted by molar-refractivity contribution is -0.0211. The molecule has 94 valence electrons. The first-order chi connectivity index (χ1) is 7.88. The summed E-state index contributed by atoms with van der Waals surface area (Å²) >= 11 is 0. The fourth-order valence-electron chi connectivity index (χ4n) is 2.82. The second-order valence-electron chi connectivity index (χ2n) is 5.20. The van der Waals surface area contributed by atoms with Crippen LogP contribution in [0.2, 0.25) is 0 Å². The van der Waals surface area contributed by atoms with E-state index in [0.717, 1.165) is 32.1 Å². The van der Waals surface area contributed by atoms with E-state index in [1.54, 1.807) is 0 Å². The molecule has 1 aliphatic carbocycles. The maximum absolute atomic E-state index is 5.88. The molecule has 3 heteroatoms. The first-order valence-corrected chi connectivity index (χ1v) is 6.76. The summed E-state index contributed by atoms with van der Waals surface area (Å²) in [6.07, 6.45) is 8.64. The maximum atomic E-state index is 5.88. The summed E-state index contributed by atoms with van der Waals surface area (Å²) in [5.41, 5.74) is 0. The van der Waals surface area contributed by atoms with Crippen LogP contribution in [0.1, 0.15) is 38.5 Å². The van der Waals surface area contributed by atoms with E-state index in [9.17, 15) is 0 Å². The molecule has 1 aliphatic heterocycles. The van der Waals surface area contributed by atoms with E-state index in [1.807, 2.05) is 7.05 Å². The fourth-order valence-corrected chi connectivity index (χ4v) is 2.82. The van der Waals surface area contributed by atoms with E-state index in [4.69, 9.17) is 9.47 Å². The number of nitrogens with one attached hydrogen (secondary N) is 1. The number of hydrogen-bond donors (Lipinski definition) is 1. The van der Waals surface area contributed by atoms with Gasteiger partial charge >= 0.3 is 0 Å². The van der Waals surface area contributed by atoms with Gasteiger partial charge in [-0.05, 0) is 38.6 Å². The average molecular weight is 227 g/mol.